The molecule has 1 amide bonds. The van der Waals surface area contributed by atoms with Crippen molar-refractivity contribution in [3.63, 3.8) is 0 Å². The molecule has 1 aliphatic carbocycles. The summed E-state index contributed by atoms with van der Waals surface area (Å²) in [6.07, 6.45) is 4.87. The lowest BCUT2D eigenvalue weighted by Gasteiger charge is -2.13. The van der Waals surface area contributed by atoms with Gasteiger partial charge in [0.2, 0.25) is 0 Å². The Balaban J connectivity index is 1.83. The average molecular weight is 260 g/mol. The molecule has 2 N–H and O–H groups in total. The van der Waals surface area contributed by atoms with Gasteiger partial charge in [-0.15, -0.1) is 0 Å². The van der Waals surface area contributed by atoms with Crippen LogP contribution >= 0.6 is 0 Å². The molecule has 1 fully saturated rings. The third kappa shape index (κ3) is 4.58. The van der Waals surface area contributed by atoms with Crippen LogP contribution in [0, 0.1) is 5.92 Å². The fraction of sp³-hybridized carbons (Fsp3) is 0.562. The minimum absolute atomic E-state index is 0.0372. The highest BCUT2D eigenvalue weighted by atomic mass is 16.1. The average Bonchev–Trinajstić information content (AvgIpc) is 3.20. The van der Waals surface area contributed by atoms with Crippen molar-refractivity contribution in [2.24, 2.45) is 5.92 Å². The fourth-order valence-corrected chi connectivity index (χ4v) is 2.23. The lowest BCUT2D eigenvalue weighted by molar-refractivity contribution is 0.0937. The zero-order valence-electron chi connectivity index (χ0n) is 11.9. The minimum Gasteiger partial charge on any atom is -0.385 e. The molecule has 1 saturated carbocycles. The van der Waals surface area contributed by atoms with E-state index in [0.717, 1.165) is 36.6 Å². The molecule has 104 valence electrons. The van der Waals surface area contributed by atoms with Gasteiger partial charge in [-0.05, 0) is 49.9 Å². The molecule has 0 aromatic heterocycles. The monoisotopic (exact) mass is 260 g/mol. The molecular formula is C16H24N2O. The summed E-state index contributed by atoms with van der Waals surface area (Å²) >= 11 is 0. The van der Waals surface area contributed by atoms with E-state index in [-0.39, 0.29) is 11.9 Å². The number of anilines is 1. The Morgan fingerprint density at radius 1 is 1.32 bits per heavy atom. The molecule has 19 heavy (non-hydrogen) atoms. The van der Waals surface area contributed by atoms with Gasteiger partial charge in [0.15, 0.2) is 0 Å². The molecule has 1 aromatic carbocycles. The van der Waals surface area contributed by atoms with Gasteiger partial charge in [-0.2, -0.15) is 0 Å². The van der Waals surface area contributed by atoms with Crippen LogP contribution in [0.15, 0.2) is 24.3 Å². The number of carbonyl (C=O) groups is 1. The van der Waals surface area contributed by atoms with Crippen LogP contribution in [0.1, 0.15) is 49.9 Å². The SMILES string of the molecule is CCCNc1ccc(C(=O)NC(C)CC2CC2)cc1. The van der Waals surface area contributed by atoms with Gasteiger partial charge in [-0.25, -0.2) is 0 Å². The van der Waals surface area contributed by atoms with Crippen molar-refractivity contribution in [2.45, 2.75) is 45.6 Å². The molecule has 0 bridgehead atoms. The van der Waals surface area contributed by atoms with Crippen molar-refractivity contribution >= 4 is 11.6 Å². The summed E-state index contributed by atoms with van der Waals surface area (Å²) in [6.45, 7) is 5.19. The van der Waals surface area contributed by atoms with Gasteiger partial charge >= 0.3 is 0 Å². The maximum absolute atomic E-state index is 12.1. The quantitative estimate of drug-likeness (QED) is 0.788. The Bertz CT molecular complexity index is 409. The molecule has 1 atom stereocenters. The van der Waals surface area contributed by atoms with E-state index >= 15 is 0 Å². The van der Waals surface area contributed by atoms with E-state index in [1.54, 1.807) is 0 Å². The third-order valence-electron chi connectivity index (χ3n) is 3.49. The number of hydrogen-bond donors (Lipinski definition) is 2. The highest BCUT2D eigenvalue weighted by molar-refractivity contribution is 5.94. The van der Waals surface area contributed by atoms with E-state index in [0.29, 0.717) is 0 Å². The molecule has 0 aliphatic heterocycles. The Morgan fingerprint density at radius 3 is 2.58 bits per heavy atom. The number of nitrogens with one attached hydrogen (secondary N) is 2. The molecule has 0 saturated heterocycles. The van der Waals surface area contributed by atoms with Gasteiger partial charge in [0, 0.05) is 23.8 Å². The molecule has 1 aliphatic rings. The van der Waals surface area contributed by atoms with Crippen LogP contribution in [0.4, 0.5) is 5.69 Å². The van der Waals surface area contributed by atoms with Crippen molar-refractivity contribution < 1.29 is 4.79 Å². The van der Waals surface area contributed by atoms with Crippen molar-refractivity contribution in [3.8, 4) is 0 Å². The predicted octanol–water partition coefficient (Wildman–Crippen LogP) is 3.43. The standard InChI is InChI=1S/C16H24N2O/c1-3-10-17-15-8-6-14(7-9-15)16(19)18-12(2)11-13-4-5-13/h6-9,12-13,17H,3-5,10-11H2,1-2H3,(H,18,19). The van der Waals surface area contributed by atoms with Gasteiger partial charge in [0.25, 0.3) is 5.91 Å². The second-order valence-electron chi connectivity index (χ2n) is 5.56. The summed E-state index contributed by atoms with van der Waals surface area (Å²) in [7, 11) is 0. The summed E-state index contributed by atoms with van der Waals surface area (Å²) in [5.41, 5.74) is 1.81. The van der Waals surface area contributed by atoms with Gasteiger partial charge in [-0.1, -0.05) is 19.8 Å². The van der Waals surface area contributed by atoms with Crippen LogP contribution in [0.3, 0.4) is 0 Å². The van der Waals surface area contributed by atoms with Crippen LogP contribution in [0.2, 0.25) is 0 Å². The van der Waals surface area contributed by atoms with E-state index in [1.807, 2.05) is 24.3 Å². The smallest absolute Gasteiger partial charge is 0.251 e. The first kappa shape index (κ1) is 13.9. The highest BCUT2D eigenvalue weighted by Crippen LogP contribution is 2.33. The van der Waals surface area contributed by atoms with Crippen LogP contribution < -0.4 is 10.6 Å². The van der Waals surface area contributed by atoms with Crippen LogP contribution in [0.5, 0.6) is 0 Å². The zero-order chi connectivity index (χ0) is 13.7. The van der Waals surface area contributed by atoms with Gasteiger partial charge in [0.05, 0.1) is 0 Å². The Morgan fingerprint density at radius 2 is 2.00 bits per heavy atom. The molecule has 3 heteroatoms. The number of hydrogen-bond acceptors (Lipinski definition) is 2. The normalized spacial score (nSPS) is 15.9. The maximum atomic E-state index is 12.1. The predicted molar refractivity (Wildman–Crippen MR) is 79.5 cm³/mol. The van der Waals surface area contributed by atoms with E-state index in [4.69, 9.17) is 0 Å². The van der Waals surface area contributed by atoms with Crippen LogP contribution in [0.25, 0.3) is 0 Å². The number of amides is 1. The topological polar surface area (TPSA) is 41.1 Å². The lowest BCUT2D eigenvalue weighted by atomic mass is 10.1. The summed E-state index contributed by atoms with van der Waals surface area (Å²) in [6, 6.07) is 7.98. The molecular weight excluding hydrogens is 236 g/mol. The first-order chi connectivity index (χ1) is 9.19. The van der Waals surface area contributed by atoms with E-state index in [2.05, 4.69) is 24.5 Å². The summed E-state index contributed by atoms with van der Waals surface area (Å²) in [4.78, 5) is 12.1. The Hall–Kier alpha value is -1.51. The van der Waals surface area contributed by atoms with Gasteiger partial charge < -0.3 is 10.6 Å². The van der Waals surface area contributed by atoms with Crippen molar-refractivity contribution in [3.05, 3.63) is 29.8 Å². The second-order valence-corrected chi connectivity index (χ2v) is 5.56. The molecule has 3 nitrogen and oxygen atoms in total. The van der Waals surface area contributed by atoms with Crippen molar-refractivity contribution in [1.29, 1.82) is 0 Å². The zero-order valence-corrected chi connectivity index (χ0v) is 11.9. The Kier molecular flexibility index (Phi) is 4.83. The van der Waals surface area contributed by atoms with E-state index in [1.165, 1.54) is 12.8 Å². The van der Waals surface area contributed by atoms with E-state index < -0.39 is 0 Å². The molecule has 1 aromatic rings. The number of rotatable bonds is 7. The summed E-state index contributed by atoms with van der Waals surface area (Å²) < 4.78 is 0. The molecule has 2 rings (SSSR count). The Labute approximate surface area is 115 Å². The molecule has 0 heterocycles. The van der Waals surface area contributed by atoms with Crippen LogP contribution in [-0.2, 0) is 0 Å². The van der Waals surface area contributed by atoms with Gasteiger partial charge in [0.1, 0.15) is 0 Å². The first-order valence-corrected chi connectivity index (χ1v) is 7.34. The van der Waals surface area contributed by atoms with E-state index in [9.17, 15) is 4.79 Å². The van der Waals surface area contributed by atoms with Crippen molar-refractivity contribution in [2.75, 3.05) is 11.9 Å². The summed E-state index contributed by atoms with van der Waals surface area (Å²) in [5, 5.41) is 6.37. The largest absolute Gasteiger partial charge is 0.385 e. The van der Waals surface area contributed by atoms with Gasteiger partial charge in [-0.3, -0.25) is 4.79 Å². The summed E-state index contributed by atoms with van der Waals surface area (Å²) in [5.74, 6) is 0.881. The first-order valence-electron chi connectivity index (χ1n) is 7.34. The van der Waals surface area contributed by atoms with Crippen LogP contribution in [-0.4, -0.2) is 18.5 Å². The highest BCUT2D eigenvalue weighted by Gasteiger charge is 2.24. The second kappa shape index (κ2) is 6.60. The maximum Gasteiger partial charge on any atom is 0.251 e. The molecule has 0 spiro atoms. The van der Waals surface area contributed by atoms with Crippen molar-refractivity contribution in [1.82, 2.24) is 5.32 Å². The number of benzene rings is 1. The fourth-order valence-electron chi connectivity index (χ4n) is 2.23. The number of carbonyl (C=O) groups excluding carboxylic acids is 1. The molecule has 0 radical (unpaired) electrons. The lowest BCUT2D eigenvalue weighted by Crippen LogP contribution is -2.32. The molecule has 1 unspecified atom stereocenters. The third-order valence-corrected chi connectivity index (χ3v) is 3.49. The minimum atomic E-state index is 0.0372.